The van der Waals surface area contributed by atoms with Crippen molar-refractivity contribution in [1.82, 2.24) is 0 Å². The van der Waals surface area contributed by atoms with Crippen molar-refractivity contribution in [2.45, 2.75) is 59.4 Å². The Hall–Kier alpha value is -1.11. The molecule has 0 bridgehead atoms. The monoisotopic (exact) mass is 257 g/mol. The van der Waals surface area contributed by atoms with Crippen LogP contribution in [0.3, 0.4) is 0 Å². The van der Waals surface area contributed by atoms with Gasteiger partial charge >= 0.3 is 0 Å². The first-order valence-electron chi connectivity index (χ1n) is 7.61. The van der Waals surface area contributed by atoms with E-state index in [1.165, 1.54) is 54.4 Å². The van der Waals surface area contributed by atoms with Gasteiger partial charge in [0, 0.05) is 0 Å². The molecule has 0 radical (unpaired) electrons. The zero-order chi connectivity index (χ0) is 13.8. The van der Waals surface area contributed by atoms with E-state index < -0.39 is 0 Å². The Morgan fingerprint density at radius 3 is 2.21 bits per heavy atom. The maximum Gasteiger partial charge on any atom is 0.0637 e. The number of aryl methyl sites for hydroxylation is 2. The fraction of sp³-hybridized carbons (Fsp3) is 0.611. The highest BCUT2D eigenvalue weighted by Crippen LogP contribution is 2.31. The highest BCUT2D eigenvalue weighted by Gasteiger charge is 2.18. The molecule has 1 fully saturated rings. The second-order valence-electron chi connectivity index (χ2n) is 6.42. The lowest BCUT2D eigenvalue weighted by molar-refractivity contribution is 0.289. The highest BCUT2D eigenvalue weighted by atomic mass is 14.7. The van der Waals surface area contributed by atoms with Gasteiger partial charge in [-0.15, -0.1) is 0 Å². The Bertz CT molecular complexity index is 416. The second-order valence-corrected chi connectivity index (χ2v) is 6.42. The number of nitrogens with zero attached hydrogens (tertiary/aromatic N) is 1. The lowest BCUT2D eigenvalue weighted by Crippen LogP contribution is -2.14. The minimum absolute atomic E-state index is 0.749. The van der Waals surface area contributed by atoms with Gasteiger partial charge in [-0.2, -0.15) is 0 Å². The Labute approximate surface area is 118 Å². The van der Waals surface area contributed by atoms with E-state index in [2.05, 4.69) is 44.6 Å². The van der Waals surface area contributed by atoms with Crippen LogP contribution in [0, 0.1) is 25.7 Å². The largest absolute Gasteiger partial charge is 0.296 e. The maximum absolute atomic E-state index is 4.03. The van der Waals surface area contributed by atoms with E-state index in [4.69, 9.17) is 0 Å². The van der Waals surface area contributed by atoms with Crippen LogP contribution in [0.1, 0.15) is 54.9 Å². The maximum atomic E-state index is 4.03. The van der Waals surface area contributed by atoms with Gasteiger partial charge in [0.05, 0.1) is 6.54 Å². The van der Waals surface area contributed by atoms with Crippen LogP contribution in [0.5, 0.6) is 0 Å². The molecule has 0 atom stereocenters. The fourth-order valence-corrected chi connectivity index (χ4v) is 3.43. The third-order valence-corrected chi connectivity index (χ3v) is 4.69. The van der Waals surface area contributed by atoms with Gasteiger partial charge < -0.3 is 0 Å². The first-order valence-corrected chi connectivity index (χ1v) is 7.61. The standard InChI is InChI=1S/C18H27N/c1-13-5-7-16(8-6-13)11-17-9-14(2)18(12-19-4)15(3)10-17/h9-10,13,16H,4-8,11-12H2,1-3H3. The quantitative estimate of drug-likeness (QED) is 0.682. The Morgan fingerprint density at radius 2 is 1.68 bits per heavy atom. The predicted octanol–water partition coefficient (Wildman–Crippen LogP) is 4.87. The zero-order valence-corrected chi connectivity index (χ0v) is 12.7. The van der Waals surface area contributed by atoms with Crippen molar-refractivity contribution in [2.24, 2.45) is 16.8 Å². The molecule has 0 unspecified atom stereocenters. The molecule has 0 heterocycles. The molecule has 104 valence electrons. The Balaban J connectivity index is 2.07. The molecule has 0 aromatic heterocycles. The average Bonchev–Trinajstić information content (AvgIpc) is 2.37. The van der Waals surface area contributed by atoms with Crippen LogP contribution in [-0.2, 0) is 13.0 Å². The summed E-state index contributed by atoms with van der Waals surface area (Å²) >= 11 is 0. The summed E-state index contributed by atoms with van der Waals surface area (Å²) in [6.07, 6.45) is 6.92. The van der Waals surface area contributed by atoms with E-state index in [0.717, 1.165) is 18.4 Å². The third kappa shape index (κ3) is 3.68. The molecule has 1 aliphatic rings. The molecule has 1 aromatic carbocycles. The number of hydrogen-bond donors (Lipinski definition) is 0. The van der Waals surface area contributed by atoms with Crippen LogP contribution < -0.4 is 0 Å². The molecule has 0 spiro atoms. The molecule has 0 amide bonds. The predicted molar refractivity (Wildman–Crippen MR) is 84.0 cm³/mol. The highest BCUT2D eigenvalue weighted by molar-refractivity contribution is 5.39. The first-order chi connectivity index (χ1) is 9.10. The van der Waals surface area contributed by atoms with Gasteiger partial charge in [-0.1, -0.05) is 31.9 Å². The number of aliphatic imine (C=N–C) groups is 1. The van der Waals surface area contributed by atoms with Gasteiger partial charge in [-0.25, -0.2) is 0 Å². The Morgan fingerprint density at radius 1 is 1.11 bits per heavy atom. The third-order valence-electron chi connectivity index (χ3n) is 4.69. The van der Waals surface area contributed by atoms with Crippen LogP contribution in [0.2, 0.25) is 0 Å². The molecule has 1 aromatic rings. The van der Waals surface area contributed by atoms with Crippen LogP contribution in [0.15, 0.2) is 17.1 Å². The minimum atomic E-state index is 0.749. The number of hydrogen-bond acceptors (Lipinski definition) is 1. The van der Waals surface area contributed by atoms with Gasteiger partial charge in [0.25, 0.3) is 0 Å². The van der Waals surface area contributed by atoms with E-state index in [9.17, 15) is 0 Å². The van der Waals surface area contributed by atoms with Gasteiger partial charge in [-0.3, -0.25) is 4.99 Å². The van der Waals surface area contributed by atoms with Crippen LogP contribution in [-0.4, -0.2) is 6.72 Å². The summed E-state index contributed by atoms with van der Waals surface area (Å²) in [6.45, 7) is 11.2. The normalized spacial score (nSPS) is 23.3. The summed E-state index contributed by atoms with van der Waals surface area (Å²) in [5.41, 5.74) is 5.64. The smallest absolute Gasteiger partial charge is 0.0637 e. The second kappa shape index (κ2) is 6.36. The van der Waals surface area contributed by atoms with Crippen molar-refractivity contribution in [3.05, 3.63) is 34.4 Å². The van der Waals surface area contributed by atoms with E-state index in [0.29, 0.717) is 0 Å². The number of rotatable bonds is 4. The van der Waals surface area contributed by atoms with E-state index in [1.807, 2.05) is 0 Å². The molecule has 1 aliphatic carbocycles. The summed E-state index contributed by atoms with van der Waals surface area (Å²) in [5.74, 6) is 1.85. The van der Waals surface area contributed by atoms with Gasteiger partial charge in [0.2, 0.25) is 0 Å². The van der Waals surface area contributed by atoms with E-state index >= 15 is 0 Å². The van der Waals surface area contributed by atoms with Crippen molar-refractivity contribution in [3.8, 4) is 0 Å². The van der Waals surface area contributed by atoms with Crippen molar-refractivity contribution in [3.63, 3.8) is 0 Å². The molecule has 2 rings (SSSR count). The van der Waals surface area contributed by atoms with Crippen molar-refractivity contribution in [1.29, 1.82) is 0 Å². The lowest BCUT2D eigenvalue weighted by Gasteiger charge is -2.26. The lowest BCUT2D eigenvalue weighted by atomic mass is 9.79. The zero-order valence-electron chi connectivity index (χ0n) is 12.7. The Kier molecular flexibility index (Phi) is 4.79. The summed E-state index contributed by atoms with van der Waals surface area (Å²) in [4.78, 5) is 4.03. The summed E-state index contributed by atoms with van der Waals surface area (Å²) < 4.78 is 0. The molecule has 0 aliphatic heterocycles. The summed E-state index contributed by atoms with van der Waals surface area (Å²) in [7, 11) is 0. The molecular formula is C18H27N. The summed E-state index contributed by atoms with van der Waals surface area (Å²) in [6, 6.07) is 4.73. The van der Waals surface area contributed by atoms with Crippen molar-refractivity contribution in [2.75, 3.05) is 0 Å². The average molecular weight is 257 g/mol. The number of benzene rings is 1. The molecule has 1 heteroatoms. The molecule has 0 saturated heterocycles. The molecule has 1 saturated carbocycles. The summed E-state index contributed by atoms with van der Waals surface area (Å²) in [5, 5.41) is 0. The molecule has 1 nitrogen and oxygen atoms in total. The van der Waals surface area contributed by atoms with E-state index in [1.54, 1.807) is 0 Å². The van der Waals surface area contributed by atoms with Gasteiger partial charge in [-0.05, 0) is 73.9 Å². The van der Waals surface area contributed by atoms with Crippen molar-refractivity contribution < 1.29 is 0 Å². The SMILES string of the molecule is C=NCc1c(C)cc(CC2CCC(C)CC2)cc1C. The van der Waals surface area contributed by atoms with Crippen LogP contribution in [0.25, 0.3) is 0 Å². The molecular weight excluding hydrogens is 230 g/mol. The topological polar surface area (TPSA) is 12.4 Å². The fourth-order valence-electron chi connectivity index (χ4n) is 3.43. The molecule has 0 N–H and O–H groups in total. The van der Waals surface area contributed by atoms with Crippen LogP contribution >= 0.6 is 0 Å². The van der Waals surface area contributed by atoms with Gasteiger partial charge in [0.1, 0.15) is 0 Å². The van der Waals surface area contributed by atoms with Crippen molar-refractivity contribution >= 4 is 6.72 Å². The van der Waals surface area contributed by atoms with Crippen LogP contribution in [0.4, 0.5) is 0 Å². The first kappa shape index (κ1) is 14.3. The minimum Gasteiger partial charge on any atom is -0.296 e. The molecule has 19 heavy (non-hydrogen) atoms. The van der Waals surface area contributed by atoms with E-state index in [-0.39, 0.29) is 0 Å². The van der Waals surface area contributed by atoms with Gasteiger partial charge in [0.15, 0.2) is 0 Å².